The van der Waals surface area contributed by atoms with Crippen LogP contribution < -0.4 is 10.6 Å². The normalized spacial score (nSPS) is 11.4. The zero-order chi connectivity index (χ0) is 15.3. The number of aromatic nitrogens is 3. The first kappa shape index (κ1) is 15.2. The molecule has 0 atom stereocenters. The molecular formula is C15H21N5O. The van der Waals surface area contributed by atoms with Crippen molar-refractivity contribution in [1.29, 1.82) is 0 Å². The molecule has 0 aliphatic carbocycles. The lowest BCUT2D eigenvalue weighted by Crippen LogP contribution is -2.44. The molecule has 0 saturated heterocycles. The Hall–Kier alpha value is -2.21. The van der Waals surface area contributed by atoms with Crippen LogP contribution in [0.1, 0.15) is 26.5 Å². The predicted octanol–water partition coefficient (Wildman–Crippen LogP) is 1.48. The maximum atomic E-state index is 11.7. The van der Waals surface area contributed by atoms with E-state index in [2.05, 4.69) is 26.0 Å². The number of nitrogens with one attached hydrogen (secondary N) is 3. The van der Waals surface area contributed by atoms with E-state index < -0.39 is 0 Å². The third-order valence-electron chi connectivity index (χ3n) is 2.76. The second-order valence-electron chi connectivity index (χ2n) is 5.89. The molecule has 6 nitrogen and oxygen atoms in total. The first-order valence-electron chi connectivity index (χ1n) is 6.92. The number of carbonyl (C=O) groups excluding carboxylic acids is 1. The van der Waals surface area contributed by atoms with Crippen molar-refractivity contribution >= 4 is 5.91 Å². The third kappa shape index (κ3) is 4.68. The summed E-state index contributed by atoms with van der Waals surface area (Å²) in [5, 5.41) is 16.9. The van der Waals surface area contributed by atoms with E-state index in [1.54, 1.807) is 0 Å². The molecule has 0 aliphatic heterocycles. The minimum atomic E-state index is -0.220. The summed E-state index contributed by atoms with van der Waals surface area (Å²) in [5.41, 5.74) is 2.38. The molecule has 0 unspecified atom stereocenters. The zero-order valence-corrected chi connectivity index (χ0v) is 12.6. The van der Waals surface area contributed by atoms with Crippen molar-refractivity contribution in [2.75, 3.05) is 6.54 Å². The van der Waals surface area contributed by atoms with Crippen LogP contribution in [-0.2, 0) is 11.3 Å². The Morgan fingerprint density at radius 1 is 1.19 bits per heavy atom. The topological polar surface area (TPSA) is 82.7 Å². The summed E-state index contributed by atoms with van der Waals surface area (Å²) >= 11 is 0. The first-order valence-corrected chi connectivity index (χ1v) is 6.92. The highest BCUT2D eigenvalue weighted by Gasteiger charge is 2.14. The lowest BCUT2D eigenvalue weighted by atomic mass is 10.1. The average molecular weight is 287 g/mol. The molecule has 2 aromatic rings. The lowest BCUT2D eigenvalue weighted by Gasteiger charge is -2.20. The molecule has 1 amide bonds. The molecule has 1 aromatic carbocycles. The number of rotatable bonds is 5. The molecular weight excluding hydrogens is 266 g/mol. The molecule has 0 saturated carbocycles. The molecule has 0 radical (unpaired) electrons. The Bertz CT molecular complexity index is 586. The SMILES string of the molecule is CC(C)(C)NC(=O)CNCc1n[nH]nc1-c1ccccc1. The van der Waals surface area contributed by atoms with Gasteiger partial charge in [-0.05, 0) is 20.8 Å². The Morgan fingerprint density at radius 3 is 2.57 bits per heavy atom. The van der Waals surface area contributed by atoms with Gasteiger partial charge in [0.15, 0.2) is 0 Å². The van der Waals surface area contributed by atoms with E-state index >= 15 is 0 Å². The average Bonchev–Trinajstić information content (AvgIpc) is 2.86. The number of aromatic amines is 1. The largest absolute Gasteiger partial charge is 0.350 e. The molecule has 112 valence electrons. The Balaban J connectivity index is 1.91. The molecule has 1 heterocycles. The van der Waals surface area contributed by atoms with Crippen LogP contribution in [0, 0.1) is 0 Å². The summed E-state index contributed by atoms with van der Waals surface area (Å²) < 4.78 is 0. The number of hydrogen-bond acceptors (Lipinski definition) is 4. The smallest absolute Gasteiger partial charge is 0.234 e. The number of amides is 1. The van der Waals surface area contributed by atoms with Crippen LogP contribution in [0.2, 0.25) is 0 Å². The Labute approximate surface area is 124 Å². The monoisotopic (exact) mass is 287 g/mol. The molecule has 3 N–H and O–H groups in total. The predicted molar refractivity (Wildman–Crippen MR) is 81.4 cm³/mol. The van der Waals surface area contributed by atoms with Gasteiger partial charge >= 0.3 is 0 Å². The number of hydrogen-bond donors (Lipinski definition) is 3. The minimum Gasteiger partial charge on any atom is -0.350 e. The van der Waals surface area contributed by atoms with Gasteiger partial charge in [-0.25, -0.2) is 0 Å². The van der Waals surface area contributed by atoms with E-state index in [4.69, 9.17) is 0 Å². The molecule has 0 fully saturated rings. The summed E-state index contributed by atoms with van der Waals surface area (Å²) in [5.74, 6) is -0.0349. The van der Waals surface area contributed by atoms with Gasteiger partial charge in [0.05, 0.1) is 6.54 Å². The second-order valence-corrected chi connectivity index (χ2v) is 5.89. The van der Waals surface area contributed by atoms with E-state index in [-0.39, 0.29) is 18.0 Å². The summed E-state index contributed by atoms with van der Waals surface area (Å²) in [7, 11) is 0. The van der Waals surface area contributed by atoms with Gasteiger partial charge in [0.2, 0.25) is 5.91 Å². The number of H-pyrrole nitrogens is 1. The van der Waals surface area contributed by atoms with Crippen LogP contribution in [-0.4, -0.2) is 33.4 Å². The molecule has 0 bridgehead atoms. The minimum absolute atomic E-state index is 0.0349. The van der Waals surface area contributed by atoms with Gasteiger partial charge in [0, 0.05) is 17.6 Å². The lowest BCUT2D eigenvalue weighted by molar-refractivity contribution is -0.121. The maximum Gasteiger partial charge on any atom is 0.234 e. The van der Waals surface area contributed by atoms with Crippen molar-refractivity contribution in [3.05, 3.63) is 36.0 Å². The van der Waals surface area contributed by atoms with Gasteiger partial charge < -0.3 is 10.6 Å². The van der Waals surface area contributed by atoms with Gasteiger partial charge in [-0.15, -0.1) is 0 Å². The first-order chi connectivity index (χ1) is 9.96. The number of nitrogens with zero attached hydrogens (tertiary/aromatic N) is 2. The second kappa shape index (κ2) is 6.49. The van der Waals surface area contributed by atoms with Crippen LogP contribution >= 0.6 is 0 Å². The van der Waals surface area contributed by atoms with Crippen molar-refractivity contribution in [3.8, 4) is 11.3 Å². The van der Waals surface area contributed by atoms with E-state index in [1.807, 2.05) is 51.1 Å². The van der Waals surface area contributed by atoms with Crippen molar-refractivity contribution < 1.29 is 4.79 Å². The van der Waals surface area contributed by atoms with Gasteiger partial charge in [0.25, 0.3) is 0 Å². The molecule has 2 rings (SSSR count). The summed E-state index contributed by atoms with van der Waals surface area (Å²) in [6.45, 7) is 6.60. The molecule has 0 spiro atoms. The fourth-order valence-electron chi connectivity index (χ4n) is 1.96. The third-order valence-corrected chi connectivity index (χ3v) is 2.76. The van der Waals surface area contributed by atoms with Gasteiger partial charge in [0.1, 0.15) is 11.4 Å². The van der Waals surface area contributed by atoms with Crippen LogP contribution in [0.15, 0.2) is 30.3 Å². The summed E-state index contributed by atoms with van der Waals surface area (Å²) in [4.78, 5) is 11.7. The van der Waals surface area contributed by atoms with Gasteiger partial charge in [-0.2, -0.15) is 15.4 Å². The van der Waals surface area contributed by atoms with E-state index in [0.29, 0.717) is 6.54 Å². The highest BCUT2D eigenvalue weighted by atomic mass is 16.2. The number of benzene rings is 1. The van der Waals surface area contributed by atoms with Gasteiger partial charge in [-0.1, -0.05) is 30.3 Å². The highest BCUT2D eigenvalue weighted by Crippen LogP contribution is 2.18. The van der Waals surface area contributed by atoms with Crippen LogP contribution in [0.5, 0.6) is 0 Å². The van der Waals surface area contributed by atoms with E-state index in [9.17, 15) is 4.79 Å². The maximum absolute atomic E-state index is 11.7. The van der Waals surface area contributed by atoms with E-state index in [0.717, 1.165) is 17.0 Å². The zero-order valence-electron chi connectivity index (χ0n) is 12.6. The Morgan fingerprint density at radius 2 is 1.90 bits per heavy atom. The molecule has 1 aromatic heterocycles. The van der Waals surface area contributed by atoms with Crippen molar-refractivity contribution in [2.45, 2.75) is 32.9 Å². The van der Waals surface area contributed by atoms with Gasteiger partial charge in [-0.3, -0.25) is 4.79 Å². The van der Waals surface area contributed by atoms with Crippen LogP contribution in [0.3, 0.4) is 0 Å². The highest BCUT2D eigenvalue weighted by molar-refractivity contribution is 5.78. The summed E-state index contributed by atoms with van der Waals surface area (Å²) in [6.07, 6.45) is 0. The molecule has 6 heteroatoms. The van der Waals surface area contributed by atoms with Crippen molar-refractivity contribution in [3.63, 3.8) is 0 Å². The standard InChI is InChI=1S/C15H21N5O/c1-15(2,3)17-13(21)10-16-9-12-14(19-20-18-12)11-7-5-4-6-8-11/h4-8,16H,9-10H2,1-3H3,(H,17,21)(H,18,19,20). The van der Waals surface area contributed by atoms with Crippen LogP contribution in [0.4, 0.5) is 0 Å². The van der Waals surface area contributed by atoms with Crippen molar-refractivity contribution in [1.82, 2.24) is 26.0 Å². The van der Waals surface area contributed by atoms with Crippen LogP contribution in [0.25, 0.3) is 11.3 Å². The molecule has 0 aliphatic rings. The van der Waals surface area contributed by atoms with E-state index in [1.165, 1.54) is 0 Å². The molecule has 21 heavy (non-hydrogen) atoms. The summed E-state index contributed by atoms with van der Waals surface area (Å²) in [6, 6.07) is 9.83. The quantitative estimate of drug-likeness (QED) is 0.778. The fraction of sp³-hybridized carbons (Fsp3) is 0.400. The Kier molecular flexibility index (Phi) is 4.70. The van der Waals surface area contributed by atoms with Crippen molar-refractivity contribution in [2.24, 2.45) is 0 Å². The number of carbonyl (C=O) groups is 1. The fourth-order valence-corrected chi connectivity index (χ4v) is 1.96.